The lowest BCUT2D eigenvalue weighted by Crippen LogP contribution is -2.29. The minimum atomic E-state index is -0.214. The SMILES string of the molecule is COC[C@H](C)n1c(SCC(=O)Nc2cccc(OC)c2)nc2ccccc2c1=O. The van der Waals surface area contributed by atoms with Gasteiger partial charge in [0.2, 0.25) is 5.91 Å². The number of ether oxygens (including phenoxy) is 2. The van der Waals surface area contributed by atoms with E-state index in [-0.39, 0.29) is 23.3 Å². The van der Waals surface area contributed by atoms with Crippen LogP contribution in [-0.4, -0.2) is 42.0 Å². The number of carbonyl (C=O) groups excluding carboxylic acids is 1. The number of fused-ring (bicyclic) bond motifs is 1. The van der Waals surface area contributed by atoms with Gasteiger partial charge in [-0.1, -0.05) is 30.0 Å². The molecule has 1 atom stereocenters. The van der Waals surface area contributed by atoms with Crippen LogP contribution in [0.5, 0.6) is 5.75 Å². The van der Waals surface area contributed by atoms with Crippen molar-refractivity contribution in [2.24, 2.45) is 0 Å². The second-order valence-electron chi connectivity index (χ2n) is 6.46. The molecule has 0 radical (unpaired) electrons. The van der Waals surface area contributed by atoms with Crippen molar-refractivity contribution in [3.8, 4) is 5.75 Å². The molecular formula is C21H23N3O4S. The third-order valence-corrected chi connectivity index (χ3v) is 5.26. The van der Waals surface area contributed by atoms with Crippen LogP contribution in [0, 0.1) is 0 Å². The van der Waals surface area contributed by atoms with Gasteiger partial charge in [-0.2, -0.15) is 0 Å². The van der Waals surface area contributed by atoms with Gasteiger partial charge in [0.1, 0.15) is 5.75 Å². The molecule has 0 unspecified atom stereocenters. The zero-order valence-electron chi connectivity index (χ0n) is 16.5. The van der Waals surface area contributed by atoms with Crippen molar-refractivity contribution >= 4 is 34.3 Å². The molecule has 0 bridgehead atoms. The summed E-state index contributed by atoms with van der Waals surface area (Å²) >= 11 is 1.22. The molecule has 1 aromatic heterocycles. The minimum Gasteiger partial charge on any atom is -0.497 e. The molecular weight excluding hydrogens is 390 g/mol. The van der Waals surface area contributed by atoms with Crippen LogP contribution < -0.4 is 15.6 Å². The van der Waals surface area contributed by atoms with Gasteiger partial charge in [0.25, 0.3) is 5.56 Å². The number of thioether (sulfide) groups is 1. The molecule has 29 heavy (non-hydrogen) atoms. The van der Waals surface area contributed by atoms with E-state index in [0.717, 1.165) is 0 Å². The van der Waals surface area contributed by atoms with E-state index in [1.165, 1.54) is 11.8 Å². The normalized spacial score (nSPS) is 12.0. The minimum absolute atomic E-state index is 0.113. The highest BCUT2D eigenvalue weighted by Crippen LogP contribution is 2.22. The molecule has 0 aliphatic carbocycles. The van der Waals surface area contributed by atoms with Crippen LogP contribution in [0.3, 0.4) is 0 Å². The fourth-order valence-electron chi connectivity index (χ4n) is 2.96. The molecule has 1 N–H and O–H groups in total. The first-order chi connectivity index (χ1) is 14.0. The van der Waals surface area contributed by atoms with Gasteiger partial charge >= 0.3 is 0 Å². The number of benzene rings is 2. The lowest BCUT2D eigenvalue weighted by Gasteiger charge is -2.18. The smallest absolute Gasteiger partial charge is 0.262 e. The van der Waals surface area contributed by atoms with E-state index in [2.05, 4.69) is 10.3 Å². The molecule has 7 nitrogen and oxygen atoms in total. The van der Waals surface area contributed by atoms with E-state index in [1.807, 2.05) is 19.1 Å². The van der Waals surface area contributed by atoms with Gasteiger partial charge in [0.15, 0.2) is 5.16 Å². The maximum absolute atomic E-state index is 13.0. The molecule has 8 heteroatoms. The second kappa shape index (κ2) is 9.58. The molecule has 3 rings (SSSR count). The van der Waals surface area contributed by atoms with Gasteiger partial charge < -0.3 is 14.8 Å². The summed E-state index contributed by atoms with van der Waals surface area (Å²) in [6, 6.07) is 14.1. The first kappa shape index (κ1) is 20.9. The molecule has 2 aromatic carbocycles. The topological polar surface area (TPSA) is 82.4 Å². The van der Waals surface area contributed by atoms with Gasteiger partial charge in [-0.15, -0.1) is 0 Å². The number of amides is 1. The number of hydrogen-bond acceptors (Lipinski definition) is 6. The monoisotopic (exact) mass is 413 g/mol. The van der Waals surface area contributed by atoms with E-state index in [0.29, 0.717) is 34.1 Å². The number of methoxy groups -OCH3 is 2. The molecule has 0 fully saturated rings. The first-order valence-electron chi connectivity index (χ1n) is 9.10. The summed E-state index contributed by atoms with van der Waals surface area (Å²) in [4.78, 5) is 30.1. The summed E-state index contributed by atoms with van der Waals surface area (Å²) in [5.41, 5.74) is 1.11. The Labute approximate surface area is 173 Å². The second-order valence-corrected chi connectivity index (χ2v) is 7.40. The molecule has 3 aromatic rings. The Hall–Kier alpha value is -2.84. The fraction of sp³-hybridized carbons (Fsp3) is 0.286. The van der Waals surface area contributed by atoms with Crippen LogP contribution in [0.15, 0.2) is 58.5 Å². The van der Waals surface area contributed by atoms with Gasteiger partial charge in [-0.3, -0.25) is 14.2 Å². The zero-order chi connectivity index (χ0) is 20.8. The van der Waals surface area contributed by atoms with Gasteiger partial charge in [-0.25, -0.2) is 4.98 Å². The van der Waals surface area contributed by atoms with E-state index < -0.39 is 0 Å². The molecule has 1 heterocycles. The van der Waals surface area contributed by atoms with Crippen molar-refractivity contribution in [2.45, 2.75) is 18.1 Å². The Balaban J connectivity index is 1.83. The van der Waals surface area contributed by atoms with E-state index >= 15 is 0 Å². The Morgan fingerprint density at radius 2 is 2.00 bits per heavy atom. The molecule has 0 saturated heterocycles. The Bertz CT molecular complexity index is 1070. The van der Waals surface area contributed by atoms with Gasteiger partial charge in [0, 0.05) is 18.9 Å². The largest absolute Gasteiger partial charge is 0.497 e. The van der Waals surface area contributed by atoms with Gasteiger partial charge in [-0.05, 0) is 31.2 Å². The average Bonchev–Trinajstić information content (AvgIpc) is 2.72. The van der Waals surface area contributed by atoms with Crippen LogP contribution in [0.4, 0.5) is 5.69 Å². The third kappa shape index (κ3) is 4.96. The summed E-state index contributed by atoms with van der Waals surface area (Å²) in [7, 11) is 3.16. The number of carbonyl (C=O) groups is 1. The standard InChI is InChI=1S/C21H23N3O4S/c1-14(12-27-2)24-20(26)17-9-4-5-10-18(17)23-21(24)29-13-19(25)22-15-7-6-8-16(11-15)28-3/h4-11,14H,12-13H2,1-3H3,(H,22,25)/t14-/m0/s1. The zero-order valence-corrected chi connectivity index (χ0v) is 17.4. The van der Waals surface area contributed by atoms with Crippen LogP contribution in [0.25, 0.3) is 10.9 Å². The maximum atomic E-state index is 13.0. The molecule has 152 valence electrons. The molecule has 0 spiro atoms. The van der Waals surface area contributed by atoms with E-state index in [1.54, 1.807) is 55.2 Å². The number of hydrogen-bond donors (Lipinski definition) is 1. The van der Waals surface area contributed by atoms with Gasteiger partial charge in [0.05, 0.1) is 36.4 Å². The molecule has 0 aliphatic heterocycles. The first-order valence-corrected chi connectivity index (χ1v) is 10.1. The van der Waals surface area contributed by atoms with Crippen LogP contribution in [0.1, 0.15) is 13.0 Å². The summed E-state index contributed by atoms with van der Waals surface area (Å²) < 4.78 is 12.0. The van der Waals surface area contributed by atoms with Crippen LogP contribution in [-0.2, 0) is 9.53 Å². The Morgan fingerprint density at radius 3 is 2.76 bits per heavy atom. The molecule has 0 saturated carbocycles. The molecule has 0 aliphatic rings. The lowest BCUT2D eigenvalue weighted by molar-refractivity contribution is -0.113. The summed E-state index contributed by atoms with van der Waals surface area (Å²) in [5, 5.41) is 3.86. The van der Waals surface area contributed by atoms with Crippen molar-refractivity contribution in [1.29, 1.82) is 0 Å². The van der Waals surface area contributed by atoms with Crippen molar-refractivity contribution in [3.05, 3.63) is 58.9 Å². The van der Waals surface area contributed by atoms with E-state index in [4.69, 9.17) is 9.47 Å². The number of nitrogens with zero attached hydrogens (tertiary/aromatic N) is 2. The highest BCUT2D eigenvalue weighted by atomic mass is 32.2. The number of para-hydroxylation sites is 1. The van der Waals surface area contributed by atoms with Crippen molar-refractivity contribution in [1.82, 2.24) is 9.55 Å². The highest BCUT2D eigenvalue weighted by Gasteiger charge is 2.17. The number of nitrogens with one attached hydrogen (secondary N) is 1. The summed E-state index contributed by atoms with van der Waals surface area (Å²) in [6.45, 7) is 2.26. The molecule has 1 amide bonds. The highest BCUT2D eigenvalue weighted by molar-refractivity contribution is 7.99. The van der Waals surface area contributed by atoms with Crippen LogP contribution in [0.2, 0.25) is 0 Å². The van der Waals surface area contributed by atoms with Crippen molar-refractivity contribution in [3.63, 3.8) is 0 Å². The van der Waals surface area contributed by atoms with Crippen molar-refractivity contribution in [2.75, 3.05) is 31.9 Å². The Kier molecular flexibility index (Phi) is 6.90. The summed E-state index contributed by atoms with van der Waals surface area (Å²) in [5.74, 6) is 0.576. The predicted octanol–water partition coefficient (Wildman–Crippen LogP) is 3.34. The third-order valence-electron chi connectivity index (χ3n) is 4.31. The average molecular weight is 413 g/mol. The van der Waals surface area contributed by atoms with Crippen LogP contribution >= 0.6 is 11.8 Å². The van der Waals surface area contributed by atoms with E-state index in [9.17, 15) is 9.59 Å². The Morgan fingerprint density at radius 1 is 1.21 bits per heavy atom. The fourth-order valence-corrected chi connectivity index (χ4v) is 3.86. The number of anilines is 1. The predicted molar refractivity (Wildman–Crippen MR) is 115 cm³/mol. The van der Waals surface area contributed by atoms with Crippen molar-refractivity contribution < 1.29 is 14.3 Å². The number of aromatic nitrogens is 2. The quantitative estimate of drug-likeness (QED) is 0.451. The lowest BCUT2D eigenvalue weighted by atomic mass is 10.2. The number of rotatable bonds is 8. The summed E-state index contributed by atoms with van der Waals surface area (Å²) in [6.07, 6.45) is 0. The maximum Gasteiger partial charge on any atom is 0.262 e.